The number of imidazole rings is 1. The zero-order valence-electron chi connectivity index (χ0n) is 13.8. The molecular weight excluding hydrogens is 364 g/mol. The number of nitrogens with zero attached hydrogens (tertiary/aromatic N) is 2. The Bertz CT molecular complexity index is 603. The van der Waals surface area contributed by atoms with Gasteiger partial charge in [0.05, 0.1) is 11.7 Å². The Morgan fingerprint density at radius 3 is 2.70 bits per heavy atom. The van der Waals surface area contributed by atoms with Crippen LogP contribution in [0.2, 0.25) is 0 Å². The third kappa shape index (κ3) is 3.36. The van der Waals surface area contributed by atoms with E-state index in [0.29, 0.717) is 5.82 Å². The van der Waals surface area contributed by atoms with Crippen molar-refractivity contribution in [3.63, 3.8) is 0 Å². The molecule has 1 aliphatic rings. The van der Waals surface area contributed by atoms with E-state index in [9.17, 15) is 9.59 Å². The Hall–Kier alpha value is -1.57. The second-order valence-electron chi connectivity index (χ2n) is 6.62. The van der Waals surface area contributed by atoms with Crippen LogP contribution in [-0.2, 0) is 10.3 Å². The second-order valence-corrected chi connectivity index (χ2v) is 7.48. The van der Waals surface area contributed by atoms with Crippen LogP contribution in [0.3, 0.4) is 0 Å². The summed E-state index contributed by atoms with van der Waals surface area (Å²) < 4.78 is 0.754. The highest BCUT2D eigenvalue weighted by atomic mass is 79.9. The molecule has 0 bridgehead atoms. The van der Waals surface area contributed by atoms with E-state index in [1.807, 2.05) is 27.7 Å². The Balaban J connectivity index is 2.36. The van der Waals surface area contributed by atoms with Gasteiger partial charge in [-0.25, -0.2) is 9.78 Å². The molecule has 1 aromatic rings. The maximum absolute atomic E-state index is 13.1. The number of hydrogen-bond acceptors (Lipinski definition) is 3. The molecule has 0 radical (unpaired) electrons. The normalized spacial score (nSPS) is 25.7. The van der Waals surface area contributed by atoms with Gasteiger partial charge in [0.1, 0.15) is 16.5 Å². The van der Waals surface area contributed by atoms with Crippen molar-refractivity contribution >= 4 is 27.9 Å². The average molecular weight is 387 g/mol. The van der Waals surface area contributed by atoms with E-state index in [4.69, 9.17) is 5.11 Å². The molecule has 128 valence electrons. The lowest BCUT2D eigenvalue weighted by Crippen LogP contribution is -2.56. The van der Waals surface area contributed by atoms with Crippen molar-refractivity contribution in [2.75, 3.05) is 0 Å². The Morgan fingerprint density at radius 2 is 2.22 bits per heavy atom. The van der Waals surface area contributed by atoms with E-state index in [-0.39, 0.29) is 17.9 Å². The van der Waals surface area contributed by atoms with Gasteiger partial charge < -0.3 is 20.3 Å². The number of aromatic amines is 1. The number of halogens is 1. The summed E-state index contributed by atoms with van der Waals surface area (Å²) in [5, 5.41) is 11.4. The largest absolute Gasteiger partial charge is 0.465 e. The molecular formula is C15H23BrN4O3. The van der Waals surface area contributed by atoms with Crippen LogP contribution < -0.4 is 5.32 Å². The molecule has 1 aromatic heterocycles. The van der Waals surface area contributed by atoms with Crippen molar-refractivity contribution in [2.24, 2.45) is 5.92 Å². The number of likely N-dealkylation sites (tertiary alicyclic amines) is 1. The molecule has 1 fully saturated rings. The third-order valence-corrected chi connectivity index (χ3v) is 4.93. The number of carbonyl (C=O) groups is 2. The van der Waals surface area contributed by atoms with E-state index in [1.54, 1.807) is 11.1 Å². The maximum Gasteiger partial charge on any atom is 0.405 e. The van der Waals surface area contributed by atoms with Gasteiger partial charge in [-0.3, -0.25) is 4.79 Å². The summed E-state index contributed by atoms with van der Waals surface area (Å²) in [4.78, 5) is 33.4. The van der Waals surface area contributed by atoms with Crippen LogP contribution in [0.4, 0.5) is 4.79 Å². The van der Waals surface area contributed by atoms with Crippen LogP contribution in [-0.4, -0.2) is 44.1 Å². The predicted molar refractivity (Wildman–Crippen MR) is 89.0 cm³/mol. The quantitative estimate of drug-likeness (QED) is 0.740. The first-order valence-corrected chi connectivity index (χ1v) is 8.49. The molecule has 0 aliphatic carbocycles. The van der Waals surface area contributed by atoms with Crippen molar-refractivity contribution in [3.8, 4) is 0 Å². The number of hydrogen-bond donors (Lipinski definition) is 3. The van der Waals surface area contributed by atoms with Gasteiger partial charge in [0.15, 0.2) is 0 Å². The zero-order chi connectivity index (χ0) is 17.4. The number of rotatable bonds is 4. The summed E-state index contributed by atoms with van der Waals surface area (Å²) in [6.45, 7) is 7.62. The van der Waals surface area contributed by atoms with Gasteiger partial charge in [-0.05, 0) is 48.5 Å². The highest BCUT2D eigenvalue weighted by Crippen LogP contribution is 2.41. The first-order chi connectivity index (χ1) is 10.7. The minimum Gasteiger partial charge on any atom is -0.465 e. The first-order valence-electron chi connectivity index (χ1n) is 7.70. The van der Waals surface area contributed by atoms with E-state index in [2.05, 4.69) is 31.2 Å². The number of carbonyl (C=O) groups excluding carboxylic acids is 1. The fourth-order valence-corrected chi connectivity index (χ4v) is 3.58. The Labute approximate surface area is 144 Å². The van der Waals surface area contributed by atoms with Crippen LogP contribution >= 0.6 is 15.9 Å². The van der Waals surface area contributed by atoms with Crippen LogP contribution in [0, 0.1) is 5.92 Å². The standard InChI is InChI=1S/C15H23BrN4O3/c1-8(2)11(19-14(22)23)12(21)20-9(3)5-6-15(20,4)13-17-7-10(16)18-13/h7-9,11,19H,5-6H2,1-4H3,(H,17,18)(H,22,23)/t9-,11-,15-/m0/s1. The summed E-state index contributed by atoms with van der Waals surface area (Å²) in [6, 6.07) is -0.751. The van der Waals surface area contributed by atoms with Gasteiger partial charge in [0, 0.05) is 6.04 Å². The molecule has 0 aromatic carbocycles. The molecule has 2 heterocycles. The number of carboxylic acid groups (broad SMARTS) is 1. The monoisotopic (exact) mass is 386 g/mol. The zero-order valence-corrected chi connectivity index (χ0v) is 15.3. The molecule has 1 saturated heterocycles. The second kappa shape index (κ2) is 6.51. The minimum absolute atomic E-state index is 0.0215. The van der Waals surface area contributed by atoms with Crippen molar-refractivity contribution in [1.82, 2.24) is 20.2 Å². The number of H-pyrrole nitrogens is 1. The molecule has 0 unspecified atom stereocenters. The Kier molecular flexibility index (Phi) is 5.03. The summed E-state index contributed by atoms with van der Waals surface area (Å²) in [6.07, 6.45) is 2.10. The summed E-state index contributed by atoms with van der Waals surface area (Å²) in [7, 11) is 0. The molecule has 0 spiro atoms. The highest BCUT2D eigenvalue weighted by molar-refractivity contribution is 9.10. The third-order valence-electron chi connectivity index (χ3n) is 4.53. The van der Waals surface area contributed by atoms with Crippen molar-refractivity contribution in [2.45, 2.75) is 58.2 Å². The molecule has 2 rings (SSSR count). The summed E-state index contributed by atoms with van der Waals surface area (Å²) >= 11 is 3.35. The number of nitrogens with one attached hydrogen (secondary N) is 2. The molecule has 1 aliphatic heterocycles. The van der Waals surface area contributed by atoms with Crippen molar-refractivity contribution in [1.29, 1.82) is 0 Å². The first kappa shape index (κ1) is 17.8. The number of aromatic nitrogens is 2. The van der Waals surface area contributed by atoms with E-state index in [0.717, 1.165) is 17.4 Å². The average Bonchev–Trinajstić information content (AvgIpc) is 3.00. The van der Waals surface area contributed by atoms with Crippen LogP contribution in [0.25, 0.3) is 0 Å². The lowest BCUT2D eigenvalue weighted by Gasteiger charge is -2.39. The van der Waals surface area contributed by atoms with Crippen LogP contribution in [0.15, 0.2) is 10.8 Å². The molecule has 23 heavy (non-hydrogen) atoms. The smallest absolute Gasteiger partial charge is 0.405 e. The van der Waals surface area contributed by atoms with Crippen LogP contribution in [0.5, 0.6) is 0 Å². The van der Waals surface area contributed by atoms with E-state index in [1.165, 1.54) is 0 Å². The summed E-state index contributed by atoms with van der Waals surface area (Å²) in [5.74, 6) is 0.362. The van der Waals surface area contributed by atoms with Gasteiger partial charge in [0.2, 0.25) is 5.91 Å². The molecule has 8 heteroatoms. The fraction of sp³-hybridized carbons (Fsp3) is 0.667. The lowest BCUT2D eigenvalue weighted by atomic mass is 9.95. The summed E-state index contributed by atoms with van der Waals surface area (Å²) in [5.41, 5.74) is -0.574. The molecule has 3 N–H and O–H groups in total. The SMILES string of the molecule is CC(C)[C@H](NC(=O)O)C(=O)N1[C@@H](C)CC[C@@]1(C)c1ncc(Br)[nH]1. The molecule has 2 amide bonds. The van der Waals surface area contributed by atoms with Gasteiger partial charge in [-0.15, -0.1) is 0 Å². The Morgan fingerprint density at radius 1 is 1.57 bits per heavy atom. The van der Waals surface area contributed by atoms with Crippen molar-refractivity contribution in [3.05, 3.63) is 16.6 Å². The fourth-order valence-electron chi connectivity index (χ4n) is 3.29. The minimum atomic E-state index is -1.19. The lowest BCUT2D eigenvalue weighted by molar-refractivity contribution is -0.141. The topological polar surface area (TPSA) is 98.3 Å². The van der Waals surface area contributed by atoms with E-state index < -0.39 is 17.7 Å². The highest BCUT2D eigenvalue weighted by Gasteiger charge is 2.49. The molecule has 0 saturated carbocycles. The van der Waals surface area contributed by atoms with Gasteiger partial charge in [-0.2, -0.15) is 0 Å². The van der Waals surface area contributed by atoms with E-state index >= 15 is 0 Å². The van der Waals surface area contributed by atoms with Crippen molar-refractivity contribution < 1.29 is 14.7 Å². The molecule has 3 atom stereocenters. The maximum atomic E-state index is 13.1. The van der Waals surface area contributed by atoms with Gasteiger partial charge in [0.25, 0.3) is 0 Å². The van der Waals surface area contributed by atoms with Gasteiger partial charge >= 0.3 is 6.09 Å². The van der Waals surface area contributed by atoms with Crippen LogP contribution in [0.1, 0.15) is 46.4 Å². The predicted octanol–water partition coefficient (Wildman–Crippen LogP) is 2.69. The molecule has 7 nitrogen and oxygen atoms in total. The number of amides is 2. The van der Waals surface area contributed by atoms with Gasteiger partial charge in [-0.1, -0.05) is 13.8 Å².